The van der Waals surface area contributed by atoms with Crippen LogP contribution in [0.5, 0.6) is 0 Å². The molecule has 3 N–H and O–H groups in total. The molecule has 2 saturated carbocycles. The molecule has 2 aliphatic carbocycles. The lowest BCUT2D eigenvalue weighted by Gasteiger charge is -2.55. The first-order valence-corrected chi connectivity index (χ1v) is 8.50. The zero-order valence-electron chi connectivity index (χ0n) is 14.3. The van der Waals surface area contributed by atoms with E-state index in [-0.39, 0.29) is 10.8 Å². The minimum absolute atomic E-state index is 0.0148. The molecule has 0 saturated heterocycles. The van der Waals surface area contributed by atoms with Gasteiger partial charge in [-0.15, -0.1) is 0 Å². The maximum Gasteiger partial charge on any atom is 0.0766 e. The summed E-state index contributed by atoms with van der Waals surface area (Å²) in [7, 11) is 0. The molecule has 0 heterocycles. The quantitative estimate of drug-likeness (QED) is 0.800. The molecule has 0 aromatic heterocycles. The van der Waals surface area contributed by atoms with Gasteiger partial charge in [-0.3, -0.25) is 0 Å². The fourth-order valence-corrected chi connectivity index (χ4v) is 5.14. The summed E-state index contributed by atoms with van der Waals surface area (Å²) in [6.45, 7) is 12.2. The second-order valence-electron chi connectivity index (χ2n) is 9.22. The van der Waals surface area contributed by atoms with Crippen molar-refractivity contribution < 1.29 is 5.11 Å². The van der Waals surface area contributed by atoms with Crippen LogP contribution >= 0.6 is 0 Å². The molecule has 2 nitrogen and oxygen atoms in total. The fourth-order valence-electron chi connectivity index (χ4n) is 5.14. The standard InChI is InChI=1S/C18H35NO/c1-15(2,3)14-7-11-17(13-19,12-8-14)18(20)10-6-9-16(18,4)5/h14,20H,6-13,19H2,1-5H3. The second kappa shape index (κ2) is 4.98. The average Bonchev–Trinajstić information content (AvgIpc) is 2.64. The molecule has 2 aliphatic rings. The van der Waals surface area contributed by atoms with Crippen molar-refractivity contribution in [1.82, 2.24) is 0 Å². The second-order valence-corrected chi connectivity index (χ2v) is 9.22. The van der Waals surface area contributed by atoms with Gasteiger partial charge < -0.3 is 10.8 Å². The van der Waals surface area contributed by atoms with Crippen molar-refractivity contribution in [3.05, 3.63) is 0 Å². The van der Waals surface area contributed by atoms with Crippen molar-refractivity contribution >= 4 is 0 Å². The fraction of sp³-hybridized carbons (Fsp3) is 1.00. The summed E-state index contributed by atoms with van der Waals surface area (Å²) in [5.74, 6) is 0.773. The zero-order chi connectivity index (χ0) is 15.2. The van der Waals surface area contributed by atoms with E-state index < -0.39 is 5.60 Å². The molecule has 0 spiro atoms. The molecule has 118 valence electrons. The highest BCUT2D eigenvalue weighted by molar-refractivity contribution is 5.11. The first-order valence-electron chi connectivity index (χ1n) is 8.50. The maximum atomic E-state index is 11.5. The lowest BCUT2D eigenvalue weighted by atomic mass is 9.53. The van der Waals surface area contributed by atoms with Crippen LogP contribution in [0.25, 0.3) is 0 Å². The Balaban J connectivity index is 2.21. The predicted molar refractivity (Wildman–Crippen MR) is 85.5 cm³/mol. The smallest absolute Gasteiger partial charge is 0.0766 e. The van der Waals surface area contributed by atoms with Crippen LogP contribution in [0.15, 0.2) is 0 Å². The van der Waals surface area contributed by atoms with Gasteiger partial charge in [0.2, 0.25) is 0 Å². The summed E-state index contributed by atoms with van der Waals surface area (Å²) in [4.78, 5) is 0. The Morgan fingerprint density at radius 1 is 1.05 bits per heavy atom. The summed E-state index contributed by atoms with van der Waals surface area (Å²) >= 11 is 0. The van der Waals surface area contributed by atoms with Crippen molar-refractivity contribution in [3.8, 4) is 0 Å². The number of rotatable bonds is 2. The molecule has 0 bridgehead atoms. The summed E-state index contributed by atoms with van der Waals surface area (Å²) < 4.78 is 0. The number of nitrogens with two attached hydrogens (primary N) is 1. The van der Waals surface area contributed by atoms with Gasteiger partial charge in [-0.25, -0.2) is 0 Å². The molecule has 2 fully saturated rings. The minimum Gasteiger partial charge on any atom is -0.389 e. The van der Waals surface area contributed by atoms with Gasteiger partial charge in [-0.1, -0.05) is 34.6 Å². The molecule has 2 rings (SSSR count). The summed E-state index contributed by atoms with van der Waals surface area (Å²) in [6, 6.07) is 0. The van der Waals surface area contributed by atoms with E-state index in [4.69, 9.17) is 5.73 Å². The van der Waals surface area contributed by atoms with Crippen LogP contribution in [-0.4, -0.2) is 17.3 Å². The normalized spacial score (nSPS) is 41.9. The van der Waals surface area contributed by atoms with E-state index in [1.807, 2.05) is 0 Å². The van der Waals surface area contributed by atoms with Gasteiger partial charge >= 0.3 is 0 Å². The molecule has 0 aliphatic heterocycles. The van der Waals surface area contributed by atoms with Gasteiger partial charge in [-0.2, -0.15) is 0 Å². The van der Waals surface area contributed by atoms with Gasteiger partial charge in [0.15, 0.2) is 0 Å². The molecule has 20 heavy (non-hydrogen) atoms. The van der Waals surface area contributed by atoms with E-state index in [0.29, 0.717) is 12.0 Å². The van der Waals surface area contributed by atoms with Gasteiger partial charge in [-0.05, 0) is 61.7 Å². The molecular weight excluding hydrogens is 246 g/mol. The lowest BCUT2D eigenvalue weighted by Crippen LogP contribution is -2.59. The Hall–Kier alpha value is -0.0800. The Kier molecular flexibility index (Phi) is 4.06. The topological polar surface area (TPSA) is 46.2 Å². The van der Waals surface area contributed by atoms with Gasteiger partial charge in [0.25, 0.3) is 0 Å². The van der Waals surface area contributed by atoms with Crippen LogP contribution in [0.4, 0.5) is 0 Å². The van der Waals surface area contributed by atoms with Gasteiger partial charge in [0.05, 0.1) is 5.60 Å². The SMILES string of the molecule is CC(C)(C)C1CCC(CN)(C2(O)CCCC2(C)C)CC1. The van der Waals surface area contributed by atoms with E-state index in [1.54, 1.807) is 0 Å². The molecule has 1 atom stereocenters. The van der Waals surface area contributed by atoms with Crippen molar-refractivity contribution in [3.63, 3.8) is 0 Å². The Labute approximate surface area is 125 Å². The zero-order valence-corrected chi connectivity index (χ0v) is 14.3. The van der Waals surface area contributed by atoms with E-state index in [9.17, 15) is 5.11 Å². The number of aliphatic hydroxyl groups is 1. The number of hydrogen-bond acceptors (Lipinski definition) is 2. The lowest BCUT2D eigenvalue weighted by molar-refractivity contribution is -0.162. The van der Waals surface area contributed by atoms with E-state index in [1.165, 1.54) is 12.8 Å². The van der Waals surface area contributed by atoms with E-state index in [0.717, 1.165) is 38.0 Å². The molecule has 0 amide bonds. The highest BCUT2D eigenvalue weighted by Gasteiger charge is 2.60. The summed E-state index contributed by atoms with van der Waals surface area (Å²) in [5.41, 5.74) is 6.01. The van der Waals surface area contributed by atoms with Crippen LogP contribution < -0.4 is 5.73 Å². The highest BCUT2D eigenvalue weighted by Crippen LogP contribution is 2.60. The van der Waals surface area contributed by atoms with Crippen LogP contribution in [0.2, 0.25) is 0 Å². The maximum absolute atomic E-state index is 11.5. The minimum atomic E-state index is -0.558. The van der Waals surface area contributed by atoms with E-state index in [2.05, 4.69) is 34.6 Å². The van der Waals surface area contributed by atoms with Gasteiger partial charge in [0, 0.05) is 12.0 Å². The van der Waals surface area contributed by atoms with Crippen LogP contribution in [-0.2, 0) is 0 Å². The third-order valence-electron chi connectivity index (χ3n) is 6.90. The van der Waals surface area contributed by atoms with Crippen LogP contribution in [0.1, 0.15) is 79.6 Å². The molecule has 1 unspecified atom stereocenters. The van der Waals surface area contributed by atoms with Gasteiger partial charge in [0.1, 0.15) is 0 Å². The third-order valence-corrected chi connectivity index (χ3v) is 6.90. The van der Waals surface area contributed by atoms with Crippen molar-refractivity contribution in [2.24, 2.45) is 27.9 Å². The van der Waals surface area contributed by atoms with Crippen LogP contribution in [0, 0.1) is 22.2 Å². The van der Waals surface area contributed by atoms with Crippen molar-refractivity contribution in [2.45, 2.75) is 85.2 Å². The highest BCUT2D eigenvalue weighted by atomic mass is 16.3. The average molecular weight is 281 g/mol. The van der Waals surface area contributed by atoms with E-state index >= 15 is 0 Å². The largest absolute Gasteiger partial charge is 0.389 e. The Bertz CT molecular complexity index is 347. The van der Waals surface area contributed by atoms with Crippen molar-refractivity contribution in [2.75, 3.05) is 6.54 Å². The Morgan fingerprint density at radius 3 is 1.95 bits per heavy atom. The summed E-state index contributed by atoms with van der Waals surface area (Å²) in [6.07, 6.45) is 7.87. The molecule has 0 aromatic rings. The predicted octanol–water partition coefficient (Wildman–Crippen LogP) is 4.11. The Morgan fingerprint density at radius 2 is 1.60 bits per heavy atom. The molecule has 0 aromatic carbocycles. The van der Waals surface area contributed by atoms with Crippen molar-refractivity contribution in [1.29, 1.82) is 0 Å². The first-order chi connectivity index (χ1) is 9.08. The van der Waals surface area contributed by atoms with Crippen LogP contribution in [0.3, 0.4) is 0 Å². The molecule has 2 heteroatoms. The summed E-state index contributed by atoms with van der Waals surface area (Å²) in [5, 5.41) is 11.5. The first kappa shape index (κ1) is 16.3. The number of hydrogen-bond donors (Lipinski definition) is 2. The molecular formula is C18H35NO. The monoisotopic (exact) mass is 281 g/mol. The third kappa shape index (κ3) is 2.33. The molecule has 0 radical (unpaired) electrons.